The lowest BCUT2D eigenvalue weighted by atomic mass is 9.99. The van der Waals surface area contributed by atoms with Crippen molar-refractivity contribution >= 4 is 29.4 Å². The van der Waals surface area contributed by atoms with Crippen LogP contribution in [0.4, 0.5) is 5.82 Å². The minimum atomic E-state index is -0.328. The third-order valence-electron chi connectivity index (χ3n) is 7.70. The number of carbonyl (C=O) groups excluding carboxylic acids is 2. The van der Waals surface area contributed by atoms with Crippen LogP contribution < -0.4 is 24.4 Å². The highest BCUT2D eigenvalue weighted by molar-refractivity contribution is 8.00. The number of pyridine rings is 1. The third-order valence-corrected chi connectivity index (χ3v) is 8.96. The molecule has 1 aliphatic heterocycles. The minimum absolute atomic E-state index is 0.141. The van der Waals surface area contributed by atoms with Crippen LogP contribution >= 0.6 is 11.8 Å². The molecule has 0 fully saturated rings. The van der Waals surface area contributed by atoms with Gasteiger partial charge < -0.3 is 19.5 Å². The summed E-state index contributed by atoms with van der Waals surface area (Å²) in [6.45, 7) is 0.123. The second-order valence-electron chi connectivity index (χ2n) is 10.5. The average Bonchev–Trinajstić information content (AvgIpc) is 3.44. The Hall–Kier alpha value is -5.29. The van der Waals surface area contributed by atoms with E-state index in [9.17, 15) is 9.59 Å². The zero-order valence-electron chi connectivity index (χ0n) is 25.7. The van der Waals surface area contributed by atoms with Crippen molar-refractivity contribution in [3.8, 4) is 34.2 Å². The molecule has 6 rings (SSSR count). The van der Waals surface area contributed by atoms with Gasteiger partial charge in [-0.05, 0) is 59.7 Å². The Labute approximate surface area is 271 Å². The summed E-state index contributed by atoms with van der Waals surface area (Å²) >= 11 is 1.49. The molecule has 1 N–H and O–H groups in total. The Morgan fingerprint density at radius 3 is 2.35 bits per heavy atom. The van der Waals surface area contributed by atoms with Crippen LogP contribution in [-0.2, 0) is 16.1 Å². The summed E-state index contributed by atoms with van der Waals surface area (Å²) in [5.41, 5.74) is 4.93. The zero-order valence-corrected chi connectivity index (χ0v) is 26.5. The molecule has 10 nitrogen and oxygen atoms in total. The number of hydrogen-bond donors (Lipinski definition) is 1. The Morgan fingerprint density at radius 1 is 0.913 bits per heavy atom. The van der Waals surface area contributed by atoms with Gasteiger partial charge in [0.1, 0.15) is 18.1 Å². The first-order valence-corrected chi connectivity index (χ1v) is 15.7. The fourth-order valence-corrected chi connectivity index (χ4v) is 6.60. The molecule has 0 radical (unpaired) electrons. The average molecular weight is 636 g/mol. The predicted molar refractivity (Wildman–Crippen MR) is 178 cm³/mol. The maximum Gasteiger partial charge on any atom is 0.240 e. The van der Waals surface area contributed by atoms with E-state index in [-0.39, 0.29) is 29.4 Å². The smallest absolute Gasteiger partial charge is 0.240 e. The standard InChI is InChI=1S/C35H33N5O5S/c1-43-27-12-10-26(11-13-27)40-35-32(33(38-40)24-7-5-4-6-8-24)34(25-9-14-28(44-2)29(19-25)45-3)46-22-31(42)39(35)21-30(41)37-20-23-15-17-36-18-16-23/h4-19,34H,20-22H2,1-3H3,(H,37,41). The molecule has 3 aromatic carbocycles. The molecule has 5 aromatic rings. The van der Waals surface area contributed by atoms with Crippen molar-refractivity contribution in [2.24, 2.45) is 0 Å². The van der Waals surface area contributed by atoms with Gasteiger partial charge >= 0.3 is 0 Å². The van der Waals surface area contributed by atoms with Crippen molar-refractivity contribution in [3.63, 3.8) is 0 Å². The molecular formula is C35H33N5O5S. The van der Waals surface area contributed by atoms with Gasteiger partial charge in [-0.15, -0.1) is 11.8 Å². The highest BCUT2D eigenvalue weighted by Gasteiger charge is 2.38. The lowest BCUT2D eigenvalue weighted by Gasteiger charge is -2.23. The summed E-state index contributed by atoms with van der Waals surface area (Å²) in [7, 11) is 4.80. The first-order chi connectivity index (χ1) is 22.5. The van der Waals surface area contributed by atoms with Crippen molar-refractivity contribution in [2.45, 2.75) is 11.8 Å². The van der Waals surface area contributed by atoms with E-state index in [2.05, 4.69) is 10.3 Å². The van der Waals surface area contributed by atoms with Gasteiger partial charge in [0.2, 0.25) is 11.8 Å². The summed E-state index contributed by atoms with van der Waals surface area (Å²) < 4.78 is 18.3. The quantitative estimate of drug-likeness (QED) is 0.216. The molecule has 234 valence electrons. The molecule has 1 unspecified atom stereocenters. The lowest BCUT2D eigenvalue weighted by Crippen LogP contribution is -2.42. The second-order valence-corrected chi connectivity index (χ2v) is 11.6. The number of amides is 2. The van der Waals surface area contributed by atoms with Crippen LogP contribution in [0.2, 0.25) is 0 Å². The number of methoxy groups -OCH3 is 3. The van der Waals surface area contributed by atoms with E-state index in [1.807, 2.05) is 84.9 Å². The summed E-state index contributed by atoms with van der Waals surface area (Å²) in [6, 6.07) is 26.8. The molecule has 1 aliphatic rings. The van der Waals surface area contributed by atoms with E-state index < -0.39 is 0 Å². The number of thioether (sulfide) groups is 1. The number of ether oxygens (including phenoxy) is 3. The van der Waals surface area contributed by atoms with Gasteiger partial charge in [0.25, 0.3) is 0 Å². The summed E-state index contributed by atoms with van der Waals surface area (Å²) in [5, 5.41) is 7.77. The number of carbonyl (C=O) groups is 2. The van der Waals surface area contributed by atoms with Crippen LogP contribution in [0.25, 0.3) is 16.9 Å². The number of nitrogens with zero attached hydrogens (tertiary/aromatic N) is 4. The maximum absolute atomic E-state index is 14.0. The highest BCUT2D eigenvalue weighted by atomic mass is 32.2. The molecule has 1 atom stereocenters. The third kappa shape index (κ3) is 6.27. The Morgan fingerprint density at radius 2 is 1.65 bits per heavy atom. The van der Waals surface area contributed by atoms with E-state index in [0.717, 1.165) is 22.3 Å². The molecule has 2 aromatic heterocycles. The van der Waals surface area contributed by atoms with Crippen molar-refractivity contribution in [1.29, 1.82) is 0 Å². The number of nitrogens with one attached hydrogen (secondary N) is 1. The molecule has 0 saturated carbocycles. The number of fused-ring (bicyclic) bond motifs is 1. The van der Waals surface area contributed by atoms with E-state index in [1.54, 1.807) is 43.3 Å². The predicted octanol–water partition coefficient (Wildman–Crippen LogP) is 5.45. The summed E-state index contributed by atoms with van der Waals surface area (Å²) in [5.74, 6) is 2.03. The van der Waals surface area contributed by atoms with Gasteiger partial charge in [0.05, 0.1) is 43.7 Å². The van der Waals surface area contributed by atoms with E-state index >= 15 is 0 Å². The van der Waals surface area contributed by atoms with Crippen LogP contribution in [0.15, 0.2) is 97.3 Å². The van der Waals surface area contributed by atoms with E-state index in [0.29, 0.717) is 41.0 Å². The molecule has 0 bridgehead atoms. The Bertz CT molecular complexity index is 1830. The number of rotatable bonds is 10. The fourth-order valence-electron chi connectivity index (χ4n) is 5.41. The molecule has 46 heavy (non-hydrogen) atoms. The normalized spacial score (nSPS) is 14.3. The largest absolute Gasteiger partial charge is 0.497 e. The van der Waals surface area contributed by atoms with Gasteiger partial charge in [-0.2, -0.15) is 5.10 Å². The summed E-state index contributed by atoms with van der Waals surface area (Å²) in [6.07, 6.45) is 3.35. The maximum atomic E-state index is 14.0. The number of anilines is 1. The molecule has 3 heterocycles. The summed E-state index contributed by atoms with van der Waals surface area (Å²) in [4.78, 5) is 33.1. The lowest BCUT2D eigenvalue weighted by molar-refractivity contribution is -0.123. The van der Waals surface area contributed by atoms with Crippen LogP contribution in [0, 0.1) is 0 Å². The SMILES string of the molecule is COc1ccc(-n2nc(-c3ccccc3)c3c2N(CC(=O)NCc2ccncc2)C(=O)CSC3c2ccc(OC)c(OC)c2)cc1. The van der Waals surface area contributed by atoms with Crippen LogP contribution in [0.1, 0.15) is 21.9 Å². The van der Waals surface area contributed by atoms with Crippen molar-refractivity contribution in [3.05, 3.63) is 114 Å². The van der Waals surface area contributed by atoms with Crippen LogP contribution in [0.5, 0.6) is 17.2 Å². The number of hydrogen-bond acceptors (Lipinski definition) is 8. The van der Waals surface area contributed by atoms with Gasteiger partial charge in [-0.25, -0.2) is 4.68 Å². The van der Waals surface area contributed by atoms with Crippen LogP contribution in [-0.4, -0.2) is 60.2 Å². The molecule has 2 amide bonds. The molecule has 11 heteroatoms. The van der Waals surface area contributed by atoms with Gasteiger partial charge in [0, 0.05) is 30.1 Å². The van der Waals surface area contributed by atoms with Gasteiger partial charge in [0.15, 0.2) is 11.5 Å². The van der Waals surface area contributed by atoms with Crippen molar-refractivity contribution in [2.75, 3.05) is 38.5 Å². The Kier molecular flexibility index (Phi) is 9.20. The van der Waals surface area contributed by atoms with Crippen LogP contribution in [0.3, 0.4) is 0 Å². The van der Waals surface area contributed by atoms with Gasteiger partial charge in [-0.1, -0.05) is 36.4 Å². The minimum Gasteiger partial charge on any atom is -0.497 e. The zero-order chi connectivity index (χ0) is 32.0. The van der Waals surface area contributed by atoms with Crippen molar-refractivity contribution < 1.29 is 23.8 Å². The second kappa shape index (κ2) is 13.8. The first-order valence-electron chi connectivity index (χ1n) is 14.6. The monoisotopic (exact) mass is 635 g/mol. The topological polar surface area (TPSA) is 108 Å². The van der Waals surface area contributed by atoms with E-state index in [4.69, 9.17) is 19.3 Å². The highest BCUT2D eigenvalue weighted by Crippen LogP contribution is 2.49. The number of benzene rings is 3. The molecule has 0 spiro atoms. The van der Waals surface area contributed by atoms with Crippen molar-refractivity contribution in [1.82, 2.24) is 20.1 Å². The molecular weight excluding hydrogens is 602 g/mol. The Balaban J connectivity index is 1.53. The number of aromatic nitrogens is 3. The molecule has 0 aliphatic carbocycles. The first kappa shape index (κ1) is 30.7. The van der Waals surface area contributed by atoms with Gasteiger partial charge in [-0.3, -0.25) is 19.5 Å². The fraction of sp³-hybridized carbons (Fsp3) is 0.200. The van der Waals surface area contributed by atoms with E-state index in [1.165, 1.54) is 11.8 Å². The molecule has 0 saturated heterocycles.